The second kappa shape index (κ2) is 5.97. The summed E-state index contributed by atoms with van der Waals surface area (Å²) in [7, 11) is -3.88. The highest BCUT2D eigenvalue weighted by Crippen LogP contribution is 2.36. The van der Waals surface area contributed by atoms with Gasteiger partial charge in [0.1, 0.15) is 9.77 Å². The fourth-order valence-electron chi connectivity index (χ4n) is 2.09. The van der Waals surface area contributed by atoms with Gasteiger partial charge in [-0.2, -0.15) is 4.31 Å². The van der Waals surface area contributed by atoms with E-state index in [-0.39, 0.29) is 22.9 Å². The Balaban J connectivity index is 2.77. The van der Waals surface area contributed by atoms with Gasteiger partial charge in [-0.3, -0.25) is 0 Å². The van der Waals surface area contributed by atoms with E-state index in [1.807, 2.05) is 0 Å². The molecule has 0 radical (unpaired) electrons. The lowest BCUT2D eigenvalue weighted by Gasteiger charge is -2.18. The average Bonchev–Trinajstić information content (AvgIpc) is 2.84. The molecule has 0 aliphatic heterocycles. The van der Waals surface area contributed by atoms with E-state index in [9.17, 15) is 18.3 Å². The maximum absolute atomic E-state index is 12.8. The molecule has 1 N–H and O–H groups in total. The highest BCUT2D eigenvalue weighted by Gasteiger charge is 2.31. The Morgan fingerprint density at radius 3 is 2.67 bits per heavy atom. The fraction of sp³-hybridized carbons (Fsp3) is 0.214. The molecule has 0 unspecified atom stereocenters. The van der Waals surface area contributed by atoms with Gasteiger partial charge in [0.25, 0.3) is 0 Å². The van der Waals surface area contributed by atoms with Crippen LogP contribution in [0.5, 0.6) is 0 Å². The Morgan fingerprint density at radius 1 is 1.43 bits per heavy atom. The van der Waals surface area contributed by atoms with Gasteiger partial charge < -0.3 is 5.11 Å². The SMILES string of the molecule is C=CCN(CC)S(=O)(=O)c1c(C(=O)O)sc2ccccc12. The summed E-state index contributed by atoms with van der Waals surface area (Å²) in [4.78, 5) is 11.1. The van der Waals surface area contributed by atoms with Crippen molar-refractivity contribution in [3.05, 3.63) is 41.8 Å². The number of fused-ring (bicyclic) bond motifs is 1. The Labute approximate surface area is 127 Å². The molecule has 2 rings (SSSR count). The summed E-state index contributed by atoms with van der Waals surface area (Å²) in [6.45, 7) is 5.64. The van der Waals surface area contributed by atoms with Gasteiger partial charge in [0.05, 0.1) is 0 Å². The molecule has 0 bridgehead atoms. The topological polar surface area (TPSA) is 74.7 Å². The Morgan fingerprint density at radius 2 is 2.10 bits per heavy atom. The maximum atomic E-state index is 12.8. The number of benzene rings is 1. The number of likely N-dealkylation sites (N-methyl/N-ethyl adjacent to an activating group) is 1. The van der Waals surface area contributed by atoms with E-state index >= 15 is 0 Å². The van der Waals surface area contributed by atoms with Gasteiger partial charge in [-0.1, -0.05) is 31.2 Å². The Bertz CT molecular complexity index is 792. The molecule has 0 atom stereocenters. The lowest BCUT2D eigenvalue weighted by Crippen LogP contribution is -2.31. The summed E-state index contributed by atoms with van der Waals surface area (Å²) in [6, 6.07) is 6.80. The minimum absolute atomic E-state index is 0.126. The smallest absolute Gasteiger partial charge is 0.347 e. The molecule has 21 heavy (non-hydrogen) atoms. The molecule has 0 saturated heterocycles. The molecule has 0 spiro atoms. The van der Waals surface area contributed by atoms with E-state index in [4.69, 9.17) is 0 Å². The number of hydrogen-bond donors (Lipinski definition) is 1. The quantitative estimate of drug-likeness (QED) is 0.829. The van der Waals surface area contributed by atoms with Crippen LogP contribution in [0.3, 0.4) is 0 Å². The van der Waals surface area contributed by atoms with Gasteiger partial charge in [0.15, 0.2) is 0 Å². The van der Waals surface area contributed by atoms with Crippen LogP contribution in [-0.2, 0) is 10.0 Å². The first-order chi connectivity index (χ1) is 9.93. The van der Waals surface area contributed by atoms with Crippen molar-refractivity contribution >= 4 is 37.4 Å². The van der Waals surface area contributed by atoms with E-state index in [0.29, 0.717) is 10.1 Å². The first-order valence-electron chi connectivity index (χ1n) is 6.29. The van der Waals surface area contributed by atoms with Crippen molar-refractivity contribution in [1.29, 1.82) is 0 Å². The Kier molecular flexibility index (Phi) is 4.46. The van der Waals surface area contributed by atoms with Crippen molar-refractivity contribution in [1.82, 2.24) is 4.31 Å². The fourth-order valence-corrected chi connectivity index (χ4v) is 5.21. The van der Waals surface area contributed by atoms with Crippen LogP contribution in [0, 0.1) is 0 Å². The van der Waals surface area contributed by atoms with Crippen LogP contribution in [0.25, 0.3) is 10.1 Å². The first-order valence-corrected chi connectivity index (χ1v) is 8.55. The molecule has 1 aromatic heterocycles. The number of carbonyl (C=O) groups is 1. The lowest BCUT2D eigenvalue weighted by molar-refractivity contribution is 0.0698. The van der Waals surface area contributed by atoms with Gasteiger partial charge in [-0.25, -0.2) is 13.2 Å². The average molecular weight is 325 g/mol. The third kappa shape index (κ3) is 2.72. The molecule has 0 amide bonds. The predicted octanol–water partition coefficient (Wildman–Crippen LogP) is 2.80. The van der Waals surface area contributed by atoms with E-state index in [2.05, 4.69) is 6.58 Å². The molecule has 0 aliphatic rings. The van der Waals surface area contributed by atoms with Crippen LogP contribution in [0.1, 0.15) is 16.6 Å². The number of thiophene rings is 1. The predicted molar refractivity (Wildman–Crippen MR) is 83.4 cm³/mol. The van der Waals surface area contributed by atoms with Crippen molar-refractivity contribution in [2.45, 2.75) is 11.8 Å². The number of rotatable bonds is 6. The summed E-state index contributed by atoms with van der Waals surface area (Å²) < 4.78 is 27.4. The molecule has 0 saturated carbocycles. The van der Waals surface area contributed by atoms with Gasteiger partial charge in [-0.15, -0.1) is 17.9 Å². The maximum Gasteiger partial charge on any atom is 0.347 e. The highest BCUT2D eigenvalue weighted by atomic mass is 32.2. The number of carboxylic acid groups (broad SMARTS) is 1. The van der Waals surface area contributed by atoms with Crippen LogP contribution in [0.2, 0.25) is 0 Å². The number of nitrogens with zero attached hydrogens (tertiary/aromatic N) is 1. The molecule has 112 valence electrons. The van der Waals surface area contributed by atoms with Crippen molar-refractivity contribution in [2.24, 2.45) is 0 Å². The number of sulfonamides is 1. The molecular formula is C14H15NO4S2. The van der Waals surface area contributed by atoms with Gasteiger partial charge in [0, 0.05) is 23.2 Å². The largest absolute Gasteiger partial charge is 0.477 e. The third-order valence-electron chi connectivity index (χ3n) is 3.03. The monoisotopic (exact) mass is 325 g/mol. The zero-order chi connectivity index (χ0) is 15.6. The van der Waals surface area contributed by atoms with Crippen LogP contribution in [-0.4, -0.2) is 36.9 Å². The minimum atomic E-state index is -3.88. The van der Waals surface area contributed by atoms with Crippen LogP contribution >= 0.6 is 11.3 Å². The van der Waals surface area contributed by atoms with E-state index in [1.165, 1.54) is 10.4 Å². The van der Waals surface area contributed by atoms with Gasteiger partial charge in [-0.05, 0) is 6.07 Å². The van der Waals surface area contributed by atoms with Crippen LogP contribution in [0.15, 0.2) is 41.8 Å². The summed E-state index contributed by atoms with van der Waals surface area (Å²) in [6.07, 6.45) is 1.48. The number of carboxylic acids is 1. The van der Waals surface area contributed by atoms with Crippen molar-refractivity contribution < 1.29 is 18.3 Å². The third-order valence-corrected chi connectivity index (χ3v) is 6.34. The van der Waals surface area contributed by atoms with E-state index in [1.54, 1.807) is 31.2 Å². The van der Waals surface area contributed by atoms with Crippen molar-refractivity contribution in [2.75, 3.05) is 13.1 Å². The second-order valence-electron chi connectivity index (χ2n) is 4.31. The first kappa shape index (κ1) is 15.7. The molecular weight excluding hydrogens is 310 g/mol. The molecule has 5 nitrogen and oxygen atoms in total. The zero-order valence-corrected chi connectivity index (χ0v) is 13.1. The summed E-state index contributed by atoms with van der Waals surface area (Å²) in [5.74, 6) is -1.23. The standard InChI is InChI=1S/C14H15NO4S2/c1-3-9-15(4-2)21(18,19)13-10-7-5-6-8-11(10)20-12(13)14(16)17/h3,5-8H,1,4,9H2,2H3,(H,16,17). The zero-order valence-electron chi connectivity index (χ0n) is 11.4. The van der Waals surface area contributed by atoms with E-state index < -0.39 is 16.0 Å². The molecule has 1 aromatic carbocycles. The molecule has 1 heterocycles. The normalized spacial score (nSPS) is 11.9. The lowest BCUT2D eigenvalue weighted by atomic mass is 10.2. The summed E-state index contributed by atoms with van der Waals surface area (Å²) in [5.41, 5.74) is 0. The molecule has 2 aromatic rings. The summed E-state index contributed by atoms with van der Waals surface area (Å²) >= 11 is 0.974. The number of hydrogen-bond acceptors (Lipinski definition) is 4. The molecule has 7 heteroatoms. The second-order valence-corrected chi connectivity index (χ2v) is 7.23. The van der Waals surface area contributed by atoms with Gasteiger partial charge in [0.2, 0.25) is 10.0 Å². The number of aromatic carboxylic acids is 1. The van der Waals surface area contributed by atoms with Crippen LogP contribution in [0.4, 0.5) is 0 Å². The molecule has 0 aliphatic carbocycles. The summed E-state index contributed by atoms with van der Waals surface area (Å²) in [5, 5.41) is 9.77. The van der Waals surface area contributed by atoms with Crippen LogP contribution < -0.4 is 0 Å². The Hall–Kier alpha value is -1.70. The highest BCUT2D eigenvalue weighted by molar-refractivity contribution is 7.89. The minimum Gasteiger partial charge on any atom is -0.477 e. The van der Waals surface area contributed by atoms with E-state index in [0.717, 1.165) is 11.3 Å². The molecule has 0 fully saturated rings. The van der Waals surface area contributed by atoms with Crippen molar-refractivity contribution in [3.63, 3.8) is 0 Å². The van der Waals surface area contributed by atoms with Gasteiger partial charge >= 0.3 is 5.97 Å². The van der Waals surface area contributed by atoms with Crippen molar-refractivity contribution in [3.8, 4) is 0 Å².